The van der Waals surface area contributed by atoms with Crippen LogP contribution in [0.25, 0.3) is 0 Å². The Hall–Kier alpha value is 2.16. The average molecular weight is 1610 g/mol. The van der Waals surface area contributed by atoms with Crippen LogP contribution in [-0.4, -0.2) is 81.5 Å². The molecule has 55 heavy (non-hydrogen) atoms. The first-order valence-electron chi connectivity index (χ1n) is 17.8. The molecule has 4 radical (unpaired) electrons. The molecule has 6 rings (SSSR count). The molecule has 2 aliphatic rings. The summed E-state index contributed by atoms with van der Waals surface area (Å²) in [6, 6.07) is 14.9. The molecule has 0 spiro atoms. The van der Waals surface area contributed by atoms with Gasteiger partial charge in [-0.25, -0.2) is 0 Å². The first kappa shape index (κ1) is 53.3. The first-order chi connectivity index (χ1) is 23.2. The van der Waals surface area contributed by atoms with Crippen molar-refractivity contribution in [1.29, 1.82) is 0 Å². The fourth-order valence-corrected chi connectivity index (χ4v) is 8.20. The van der Waals surface area contributed by atoms with Gasteiger partial charge < -0.3 is 50.4 Å². The van der Waals surface area contributed by atoms with Crippen LogP contribution < -0.4 is 5.32 Å². The maximum Gasteiger partial charge on any atom is 0.225 e. The fourth-order valence-electron chi connectivity index (χ4n) is 8.20. The second-order valence-corrected chi connectivity index (χ2v) is 17.8. The molecule has 15 heteroatoms. The Morgan fingerprint density at radius 1 is 0.618 bits per heavy atom. The molecule has 5 atom stereocenters. The third kappa shape index (κ3) is 8.63. The minimum atomic E-state index is -2.15. The van der Waals surface area contributed by atoms with E-state index in [-0.39, 0.29) is 194 Å². The summed E-state index contributed by atoms with van der Waals surface area (Å²) in [7, 11) is 0. The number of aromatic nitrogens is 4. The molecular formula is C40H57Ac4N5O6. The third-order valence-corrected chi connectivity index (χ3v) is 13.1. The number of H-pyrrole nitrogens is 4. The van der Waals surface area contributed by atoms with E-state index in [4.69, 9.17) is 4.74 Å². The van der Waals surface area contributed by atoms with Crippen molar-refractivity contribution >= 4 is 5.91 Å². The summed E-state index contributed by atoms with van der Waals surface area (Å²) in [4.78, 5) is 29.1. The monoisotopic (exact) mass is 1610 g/mol. The Morgan fingerprint density at radius 2 is 0.982 bits per heavy atom. The topological polar surface area (TPSA) is 182 Å². The molecule has 290 valence electrons. The van der Waals surface area contributed by atoms with Crippen LogP contribution in [0.3, 0.4) is 0 Å². The van der Waals surface area contributed by atoms with Gasteiger partial charge in [-0.2, -0.15) is 0 Å². The van der Waals surface area contributed by atoms with Crippen molar-refractivity contribution in [2.45, 2.75) is 140 Å². The quantitative estimate of drug-likeness (QED) is 0.144. The van der Waals surface area contributed by atoms with Crippen LogP contribution in [0.2, 0.25) is 0 Å². The van der Waals surface area contributed by atoms with Crippen LogP contribution in [0.15, 0.2) is 42.5 Å². The molecule has 4 aromatic rings. The number of aliphatic hydroxyl groups excluding tert-OH is 1. The molecule has 4 aromatic heterocycles. The van der Waals surface area contributed by atoms with Gasteiger partial charge in [0.1, 0.15) is 22.8 Å². The molecule has 1 saturated heterocycles. The number of rotatable bonds is 4. The van der Waals surface area contributed by atoms with Crippen LogP contribution >= 0.6 is 0 Å². The Morgan fingerprint density at radius 3 is 1.36 bits per heavy atom. The number of carbonyl (C=O) groups is 1. The summed E-state index contributed by atoms with van der Waals surface area (Å²) in [5.41, 5.74) is 0.894. The van der Waals surface area contributed by atoms with E-state index < -0.39 is 52.0 Å². The van der Waals surface area contributed by atoms with E-state index in [0.717, 1.165) is 51.1 Å². The Balaban J connectivity index is 0.00000261. The van der Waals surface area contributed by atoms with E-state index in [9.17, 15) is 25.2 Å². The number of fused-ring (bicyclic) bond motifs is 8. The Labute approximate surface area is 468 Å². The van der Waals surface area contributed by atoms with Gasteiger partial charge in [0.2, 0.25) is 5.91 Å². The van der Waals surface area contributed by atoms with E-state index >= 15 is 0 Å². The molecule has 1 fully saturated rings. The number of aromatic amines is 4. The number of ether oxygens (including phenoxy) is 1. The van der Waals surface area contributed by atoms with E-state index in [2.05, 4.69) is 117 Å². The normalized spacial score (nSPS) is 29.7. The largest absolute Gasteiger partial charge is 0.394 e. The Kier molecular flexibility index (Phi) is 17.2. The summed E-state index contributed by atoms with van der Waals surface area (Å²) in [5.74, 6) is -2.64. The Bertz CT molecular complexity index is 1980. The van der Waals surface area contributed by atoms with Gasteiger partial charge in [0.05, 0.1) is 13.0 Å². The van der Waals surface area contributed by atoms with Gasteiger partial charge in [0, 0.05) is 243 Å². The minimum absolute atomic E-state index is 0. The molecule has 0 aromatic carbocycles. The maximum atomic E-state index is 14.2. The summed E-state index contributed by atoms with van der Waals surface area (Å²) in [6.45, 7) is 22.1. The van der Waals surface area contributed by atoms with Crippen LogP contribution in [0.5, 0.6) is 0 Å². The number of carbonyl (C=O) groups excluding carboxylic acids is 1. The third-order valence-electron chi connectivity index (χ3n) is 13.1. The zero-order valence-electron chi connectivity index (χ0n) is 34.4. The molecule has 8 bridgehead atoms. The van der Waals surface area contributed by atoms with Crippen molar-refractivity contribution in [3.05, 3.63) is 93.6 Å². The molecule has 1 amide bonds. The molecule has 11 nitrogen and oxygen atoms in total. The van der Waals surface area contributed by atoms with E-state index in [1.807, 2.05) is 6.07 Å². The zero-order valence-corrected chi connectivity index (χ0v) is 53.4. The summed E-state index contributed by atoms with van der Waals surface area (Å²) in [5, 5.41) is 47.4. The SMILES string of the molecule is CC1(C)c2ccc([nH]2)C(C)(C)c2ccc([nH]2)C(C)(C)c2[nH]c(cc2CC(=O)NC2(C)C(C)(O)[C@](C)(O)C(CO)O[C@@]2(C)O)C(C)(C)c2ccc1[nH]2.[Ac].[Ac].[Ac].[Ac]. The summed E-state index contributed by atoms with van der Waals surface area (Å²) >= 11 is 0. The fraction of sp³-hybridized carbons (Fsp3) is 0.575. The number of aliphatic hydroxyl groups is 4. The van der Waals surface area contributed by atoms with Crippen molar-refractivity contribution in [2.24, 2.45) is 0 Å². The van der Waals surface area contributed by atoms with Gasteiger partial charge in [-0.05, 0) is 131 Å². The van der Waals surface area contributed by atoms with Crippen molar-refractivity contribution in [3.63, 3.8) is 0 Å². The van der Waals surface area contributed by atoms with Crippen LogP contribution in [-0.2, 0) is 37.6 Å². The summed E-state index contributed by atoms with van der Waals surface area (Å²) < 4.78 is 5.72. The van der Waals surface area contributed by atoms with Crippen molar-refractivity contribution in [2.75, 3.05) is 6.61 Å². The first-order valence-corrected chi connectivity index (χ1v) is 17.8. The van der Waals surface area contributed by atoms with Gasteiger partial charge in [-0.15, -0.1) is 0 Å². The standard InChI is InChI=1S/C40H57N5O6.4Ac/c1-33(2)23-13-14-24(41-23)34(3,4)26-17-18-28(43-26)36(7,8)32-22(19-29(44-32)35(5,6)27-16-15-25(33)42-27)20-31(47)45-38(10)39(11,49)37(9,48)30(21-46)51-40(38,12)50;;;;/h13-19,30,41-44,46,48-50H,20-21H2,1-12H3,(H,45,47);;;;/t30?,37-,38?,39?,40-;;;;/m1..../s1. The minimum Gasteiger partial charge on any atom is -0.394 e. The molecule has 2 aliphatic heterocycles. The van der Waals surface area contributed by atoms with Crippen molar-refractivity contribution in [1.82, 2.24) is 25.3 Å². The van der Waals surface area contributed by atoms with Gasteiger partial charge in [0.25, 0.3) is 0 Å². The van der Waals surface area contributed by atoms with Crippen LogP contribution in [0.4, 0.5) is 0 Å². The van der Waals surface area contributed by atoms with Crippen LogP contribution in [0.1, 0.15) is 134 Å². The second kappa shape index (κ2) is 17.7. The van der Waals surface area contributed by atoms with E-state index in [1.165, 1.54) is 27.7 Å². The summed E-state index contributed by atoms with van der Waals surface area (Å²) in [6.07, 6.45) is -1.40. The van der Waals surface area contributed by atoms with Gasteiger partial charge in [0.15, 0.2) is 5.79 Å². The predicted molar refractivity (Wildman–Crippen MR) is 196 cm³/mol. The number of hydrogen-bond acceptors (Lipinski definition) is 6. The van der Waals surface area contributed by atoms with Gasteiger partial charge in [-0.3, -0.25) is 4.79 Å². The molecule has 6 heterocycles. The zero-order chi connectivity index (χ0) is 38.0. The number of amides is 1. The average Bonchev–Trinajstić information content (AvgIpc) is 3.84. The number of nitrogens with one attached hydrogen (secondary N) is 5. The maximum absolute atomic E-state index is 14.2. The predicted octanol–water partition coefficient (Wildman–Crippen LogP) is 4.64. The van der Waals surface area contributed by atoms with Gasteiger partial charge in [-0.1, -0.05) is 0 Å². The molecule has 0 aliphatic carbocycles. The van der Waals surface area contributed by atoms with Crippen molar-refractivity contribution < 1.29 is 206 Å². The smallest absolute Gasteiger partial charge is 0.225 e. The van der Waals surface area contributed by atoms with E-state index in [1.54, 1.807) is 0 Å². The van der Waals surface area contributed by atoms with E-state index in [0.29, 0.717) is 0 Å². The molecule has 0 saturated carbocycles. The molecule has 3 unspecified atom stereocenters. The second-order valence-electron chi connectivity index (χ2n) is 17.8. The van der Waals surface area contributed by atoms with Crippen molar-refractivity contribution in [3.8, 4) is 0 Å². The van der Waals surface area contributed by atoms with Gasteiger partial charge >= 0.3 is 0 Å². The molecular weight excluding hydrogens is 1550 g/mol. The number of hydrogen-bond donors (Lipinski definition) is 9. The molecule has 9 N–H and O–H groups in total. The van der Waals surface area contributed by atoms with Crippen LogP contribution in [0, 0.1) is 176 Å².